The molecule has 0 aliphatic heterocycles. The van der Waals surface area contributed by atoms with Gasteiger partial charge in [-0.1, -0.05) is 29.8 Å². The van der Waals surface area contributed by atoms with Crippen LogP contribution in [0.3, 0.4) is 0 Å². The Morgan fingerprint density at radius 3 is 2.55 bits per heavy atom. The molecule has 1 N–H and O–H groups in total. The average Bonchev–Trinajstić information content (AvgIpc) is 2.51. The zero-order valence-corrected chi connectivity index (χ0v) is 11.7. The lowest BCUT2D eigenvalue weighted by molar-refractivity contribution is 0.487. The molecular formula is C16H13ClN2O. The van der Waals surface area contributed by atoms with Gasteiger partial charge in [-0.2, -0.15) is 0 Å². The normalized spacial score (nSPS) is 10.5. The van der Waals surface area contributed by atoms with Gasteiger partial charge in [-0.05, 0) is 36.4 Å². The van der Waals surface area contributed by atoms with E-state index in [9.17, 15) is 0 Å². The van der Waals surface area contributed by atoms with E-state index in [2.05, 4.69) is 10.3 Å². The third-order valence-corrected chi connectivity index (χ3v) is 3.32. The molecule has 0 saturated heterocycles. The fourth-order valence-corrected chi connectivity index (χ4v) is 2.21. The van der Waals surface area contributed by atoms with Crippen LogP contribution in [0, 0.1) is 0 Å². The zero-order chi connectivity index (χ0) is 13.9. The van der Waals surface area contributed by atoms with Gasteiger partial charge in [0.2, 0.25) is 0 Å². The van der Waals surface area contributed by atoms with Crippen LogP contribution in [0.4, 0.5) is 5.82 Å². The molecule has 0 aliphatic carbocycles. The highest BCUT2D eigenvalue weighted by atomic mass is 35.5. The van der Waals surface area contributed by atoms with E-state index in [0.29, 0.717) is 10.8 Å². The number of pyridine rings is 1. The monoisotopic (exact) mass is 284 g/mol. The van der Waals surface area contributed by atoms with Crippen molar-refractivity contribution in [2.75, 3.05) is 12.4 Å². The van der Waals surface area contributed by atoms with E-state index in [1.54, 1.807) is 0 Å². The largest absolute Gasteiger partial charge is 0.455 e. The molecule has 1 heterocycles. The summed E-state index contributed by atoms with van der Waals surface area (Å²) in [4.78, 5) is 4.53. The number of ether oxygens (including phenoxy) is 1. The highest BCUT2D eigenvalue weighted by Gasteiger charge is 2.09. The first-order chi connectivity index (χ1) is 9.78. The van der Waals surface area contributed by atoms with Crippen molar-refractivity contribution in [1.29, 1.82) is 0 Å². The average molecular weight is 285 g/mol. The molecule has 0 aliphatic rings. The second kappa shape index (κ2) is 5.39. The molecule has 0 atom stereocenters. The van der Waals surface area contributed by atoms with Crippen LogP contribution >= 0.6 is 11.6 Å². The Labute approximate surface area is 122 Å². The topological polar surface area (TPSA) is 34.1 Å². The van der Waals surface area contributed by atoms with E-state index in [0.717, 1.165) is 22.5 Å². The van der Waals surface area contributed by atoms with Crippen molar-refractivity contribution < 1.29 is 4.74 Å². The molecule has 3 rings (SSSR count). The van der Waals surface area contributed by atoms with Crippen LogP contribution < -0.4 is 10.1 Å². The fraction of sp³-hybridized carbons (Fsp3) is 0.0625. The Morgan fingerprint density at radius 1 is 1.00 bits per heavy atom. The predicted octanol–water partition coefficient (Wildman–Crippen LogP) is 4.72. The fourth-order valence-electron chi connectivity index (χ4n) is 1.99. The predicted molar refractivity (Wildman–Crippen MR) is 82.8 cm³/mol. The number of halogens is 1. The highest BCUT2D eigenvalue weighted by Crippen LogP contribution is 2.33. The number of para-hydroxylation sites is 1. The van der Waals surface area contributed by atoms with Gasteiger partial charge in [0.25, 0.3) is 0 Å². The van der Waals surface area contributed by atoms with E-state index < -0.39 is 0 Å². The SMILES string of the molecule is CNc1ccc2c(Cl)ccc(Oc3ccccc3)c2n1. The van der Waals surface area contributed by atoms with Crippen molar-refractivity contribution in [3.8, 4) is 11.5 Å². The lowest BCUT2D eigenvalue weighted by atomic mass is 10.2. The van der Waals surface area contributed by atoms with E-state index in [4.69, 9.17) is 16.3 Å². The van der Waals surface area contributed by atoms with E-state index in [1.165, 1.54) is 0 Å². The van der Waals surface area contributed by atoms with E-state index in [-0.39, 0.29) is 0 Å². The van der Waals surface area contributed by atoms with Crippen LogP contribution in [0.5, 0.6) is 11.5 Å². The third kappa shape index (κ3) is 2.40. The second-order valence-corrected chi connectivity index (χ2v) is 4.71. The summed E-state index contributed by atoms with van der Waals surface area (Å²) in [6, 6.07) is 17.1. The van der Waals surface area contributed by atoms with Crippen LogP contribution in [0.2, 0.25) is 5.02 Å². The number of hydrogen-bond acceptors (Lipinski definition) is 3. The summed E-state index contributed by atoms with van der Waals surface area (Å²) in [6.45, 7) is 0. The van der Waals surface area contributed by atoms with Gasteiger partial charge >= 0.3 is 0 Å². The molecule has 0 saturated carbocycles. The van der Waals surface area contributed by atoms with E-state index >= 15 is 0 Å². The van der Waals surface area contributed by atoms with Crippen molar-refractivity contribution >= 4 is 28.3 Å². The summed E-state index contributed by atoms with van der Waals surface area (Å²) in [5.41, 5.74) is 0.744. The van der Waals surface area contributed by atoms with Gasteiger partial charge in [0.05, 0.1) is 5.02 Å². The van der Waals surface area contributed by atoms with Gasteiger partial charge in [0, 0.05) is 12.4 Å². The minimum absolute atomic E-state index is 0.663. The molecule has 0 fully saturated rings. The molecule has 0 spiro atoms. The van der Waals surface area contributed by atoms with E-state index in [1.807, 2.05) is 61.6 Å². The van der Waals surface area contributed by atoms with Gasteiger partial charge in [-0.3, -0.25) is 0 Å². The molecule has 0 radical (unpaired) electrons. The minimum atomic E-state index is 0.663. The quantitative estimate of drug-likeness (QED) is 0.755. The molecule has 2 aromatic carbocycles. The summed E-state index contributed by atoms with van der Waals surface area (Å²) in [6.07, 6.45) is 0. The molecule has 3 aromatic rings. The standard InChI is InChI=1S/C16H13ClN2O/c1-18-15-10-7-12-13(17)8-9-14(16(12)19-15)20-11-5-3-2-4-6-11/h2-10H,1H3,(H,18,19). The van der Waals surface area contributed by atoms with Gasteiger partial charge in [0.15, 0.2) is 5.75 Å². The smallest absolute Gasteiger partial charge is 0.153 e. The number of aromatic nitrogens is 1. The minimum Gasteiger partial charge on any atom is -0.455 e. The van der Waals surface area contributed by atoms with Gasteiger partial charge in [-0.15, -0.1) is 0 Å². The first kappa shape index (κ1) is 12.8. The van der Waals surface area contributed by atoms with Crippen LogP contribution in [-0.4, -0.2) is 12.0 Å². The molecule has 3 nitrogen and oxygen atoms in total. The zero-order valence-electron chi connectivity index (χ0n) is 10.9. The number of benzene rings is 2. The maximum atomic E-state index is 6.21. The Hall–Kier alpha value is -2.26. The highest BCUT2D eigenvalue weighted by molar-refractivity contribution is 6.35. The summed E-state index contributed by atoms with van der Waals surface area (Å²) in [5.74, 6) is 2.23. The summed E-state index contributed by atoms with van der Waals surface area (Å²) >= 11 is 6.21. The molecule has 0 unspecified atom stereocenters. The van der Waals surface area contributed by atoms with Crippen LogP contribution in [-0.2, 0) is 0 Å². The number of nitrogens with zero attached hydrogens (tertiary/aromatic N) is 1. The molecule has 20 heavy (non-hydrogen) atoms. The van der Waals surface area contributed by atoms with Crippen LogP contribution in [0.1, 0.15) is 0 Å². The second-order valence-electron chi connectivity index (χ2n) is 4.30. The Morgan fingerprint density at radius 2 is 1.80 bits per heavy atom. The van der Waals surface area contributed by atoms with Gasteiger partial charge < -0.3 is 10.1 Å². The summed E-state index contributed by atoms with van der Waals surface area (Å²) in [7, 11) is 1.83. The number of anilines is 1. The van der Waals surface area contributed by atoms with Crippen LogP contribution in [0.25, 0.3) is 10.9 Å². The Kier molecular flexibility index (Phi) is 3.44. The van der Waals surface area contributed by atoms with Crippen molar-refractivity contribution in [2.24, 2.45) is 0 Å². The summed E-state index contributed by atoms with van der Waals surface area (Å²) < 4.78 is 5.90. The third-order valence-electron chi connectivity index (χ3n) is 2.99. The number of rotatable bonds is 3. The van der Waals surface area contributed by atoms with Crippen molar-refractivity contribution in [3.05, 3.63) is 59.6 Å². The first-order valence-corrected chi connectivity index (χ1v) is 6.65. The first-order valence-electron chi connectivity index (χ1n) is 6.28. The molecular weight excluding hydrogens is 272 g/mol. The molecule has 1 aromatic heterocycles. The summed E-state index contributed by atoms with van der Waals surface area (Å²) in [5, 5.41) is 4.56. The lowest BCUT2D eigenvalue weighted by Gasteiger charge is -2.10. The number of fused-ring (bicyclic) bond motifs is 1. The van der Waals surface area contributed by atoms with Crippen molar-refractivity contribution in [3.63, 3.8) is 0 Å². The molecule has 100 valence electrons. The van der Waals surface area contributed by atoms with Crippen molar-refractivity contribution in [2.45, 2.75) is 0 Å². The molecule has 0 bridgehead atoms. The Balaban J connectivity index is 2.12. The number of hydrogen-bond donors (Lipinski definition) is 1. The molecule has 0 amide bonds. The maximum absolute atomic E-state index is 6.21. The van der Waals surface area contributed by atoms with Gasteiger partial charge in [0.1, 0.15) is 17.1 Å². The Bertz CT molecular complexity index is 744. The van der Waals surface area contributed by atoms with Crippen LogP contribution in [0.15, 0.2) is 54.6 Å². The number of nitrogens with one attached hydrogen (secondary N) is 1. The van der Waals surface area contributed by atoms with Gasteiger partial charge in [-0.25, -0.2) is 4.98 Å². The lowest BCUT2D eigenvalue weighted by Crippen LogP contribution is -1.94. The van der Waals surface area contributed by atoms with Crippen molar-refractivity contribution in [1.82, 2.24) is 4.98 Å². The molecule has 4 heteroatoms. The maximum Gasteiger partial charge on any atom is 0.153 e.